The standard InChI is InChI=1S/C22H28N2O3S/c1-4-18-8-10-19(11-9-18)17(3)23-22(25)21-15-20(12-7-16(21)2)28(26,27)24-13-5-6-14-24/h7-12,15,17H,4-6,13-14H2,1-3H3,(H,23,25)/t17-/m1/s1. The SMILES string of the molecule is CCc1ccc([C@@H](C)NC(=O)c2cc(S(=O)(=O)N3CCCC3)ccc2C)cc1. The number of hydrogen-bond donors (Lipinski definition) is 1. The Bertz CT molecular complexity index is 946. The van der Waals surface area contributed by atoms with Crippen molar-refractivity contribution in [3.63, 3.8) is 0 Å². The Hall–Kier alpha value is -2.18. The number of carbonyl (C=O) groups is 1. The molecule has 1 N–H and O–H groups in total. The molecular weight excluding hydrogens is 372 g/mol. The zero-order valence-electron chi connectivity index (χ0n) is 16.7. The van der Waals surface area contributed by atoms with E-state index in [0.717, 1.165) is 30.4 Å². The molecule has 1 fully saturated rings. The average Bonchev–Trinajstić information content (AvgIpc) is 3.24. The summed E-state index contributed by atoms with van der Waals surface area (Å²) in [6, 6.07) is 12.8. The van der Waals surface area contributed by atoms with Gasteiger partial charge in [0, 0.05) is 18.7 Å². The van der Waals surface area contributed by atoms with E-state index in [1.54, 1.807) is 12.1 Å². The number of amides is 1. The number of nitrogens with one attached hydrogen (secondary N) is 1. The van der Waals surface area contributed by atoms with Crippen molar-refractivity contribution in [3.05, 3.63) is 64.7 Å². The fraction of sp³-hybridized carbons (Fsp3) is 0.409. The van der Waals surface area contributed by atoms with E-state index in [1.165, 1.54) is 15.9 Å². The second-order valence-corrected chi connectivity index (χ2v) is 9.32. The lowest BCUT2D eigenvalue weighted by Crippen LogP contribution is -2.29. The largest absolute Gasteiger partial charge is 0.346 e. The van der Waals surface area contributed by atoms with Gasteiger partial charge in [-0.1, -0.05) is 37.3 Å². The summed E-state index contributed by atoms with van der Waals surface area (Å²) in [5, 5.41) is 2.99. The molecule has 6 heteroatoms. The van der Waals surface area contributed by atoms with Crippen LogP contribution in [0.3, 0.4) is 0 Å². The van der Waals surface area contributed by atoms with Crippen molar-refractivity contribution in [1.29, 1.82) is 0 Å². The third-order valence-electron chi connectivity index (χ3n) is 5.39. The Kier molecular flexibility index (Phi) is 6.20. The van der Waals surface area contributed by atoms with Crippen molar-refractivity contribution in [2.24, 2.45) is 0 Å². The van der Waals surface area contributed by atoms with E-state index < -0.39 is 10.0 Å². The van der Waals surface area contributed by atoms with Crippen LogP contribution in [0.5, 0.6) is 0 Å². The van der Waals surface area contributed by atoms with Crippen LogP contribution in [0.1, 0.15) is 59.8 Å². The first-order chi connectivity index (χ1) is 13.3. The number of carbonyl (C=O) groups excluding carboxylic acids is 1. The monoisotopic (exact) mass is 400 g/mol. The van der Waals surface area contributed by atoms with Crippen LogP contribution >= 0.6 is 0 Å². The summed E-state index contributed by atoms with van der Waals surface area (Å²) in [5.74, 6) is -0.261. The molecule has 5 nitrogen and oxygen atoms in total. The van der Waals surface area contributed by atoms with Crippen molar-refractivity contribution >= 4 is 15.9 Å². The molecule has 0 aliphatic carbocycles. The van der Waals surface area contributed by atoms with Gasteiger partial charge in [-0.05, 0) is 61.9 Å². The first-order valence-electron chi connectivity index (χ1n) is 9.83. The Morgan fingerprint density at radius 1 is 1.11 bits per heavy atom. The van der Waals surface area contributed by atoms with E-state index in [1.807, 2.05) is 26.0 Å². The van der Waals surface area contributed by atoms with Crippen LogP contribution in [0.25, 0.3) is 0 Å². The molecule has 1 aliphatic heterocycles. The zero-order valence-corrected chi connectivity index (χ0v) is 17.6. The van der Waals surface area contributed by atoms with Gasteiger partial charge in [0.2, 0.25) is 10.0 Å². The van der Waals surface area contributed by atoms with E-state index in [-0.39, 0.29) is 16.8 Å². The van der Waals surface area contributed by atoms with Crippen LogP contribution in [0.4, 0.5) is 0 Å². The molecule has 0 spiro atoms. The number of sulfonamides is 1. The van der Waals surface area contributed by atoms with Gasteiger partial charge in [-0.2, -0.15) is 4.31 Å². The topological polar surface area (TPSA) is 66.5 Å². The van der Waals surface area contributed by atoms with Crippen LogP contribution in [-0.2, 0) is 16.4 Å². The molecule has 0 aromatic heterocycles. The lowest BCUT2D eigenvalue weighted by Gasteiger charge is -2.18. The second-order valence-electron chi connectivity index (χ2n) is 7.38. The van der Waals surface area contributed by atoms with Crippen molar-refractivity contribution < 1.29 is 13.2 Å². The van der Waals surface area contributed by atoms with E-state index in [0.29, 0.717) is 18.7 Å². The molecular formula is C22H28N2O3S. The first kappa shape index (κ1) is 20.6. The summed E-state index contributed by atoms with van der Waals surface area (Å²) in [5.41, 5.74) is 3.42. The minimum atomic E-state index is -3.55. The maximum Gasteiger partial charge on any atom is 0.252 e. The second kappa shape index (κ2) is 8.45. The molecule has 1 aliphatic rings. The van der Waals surface area contributed by atoms with Gasteiger partial charge in [0.15, 0.2) is 0 Å². The zero-order chi connectivity index (χ0) is 20.3. The van der Waals surface area contributed by atoms with Gasteiger partial charge >= 0.3 is 0 Å². The summed E-state index contributed by atoms with van der Waals surface area (Å²) in [6.07, 6.45) is 2.73. The van der Waals surface area contributed by atoms with E-state index in [2.05, 4.69) is 24.4 Å². The van der Waals surface area contributed by atoms with Crippen LogP contribution in [0.2, 0.25) is 0 Å². The third-order valence-corrected chi connectivity index (χ3v) is 7.29. The van der Waals surface area contributed by atoms with Crippen LogP contribution in [0, 0.1) is 6.92 Å². The molecule has 3 rings (SSSR count). The Morgan fingerprint density at radius 3 is 2.36 bits per heavy atom. The minimum absolute atomic E-state index is 0.170. The van der Waals surface area contributed by atoms with E-state index in [4.69, 9.17) is 0 Å². The normalized spacial score (nSPS) is 16.1. The summed E-state index contributed by atoms with van der Waals surface area (Å²) >= 11 is 0. The van der Waals surface area contributed by atoms with Crippen molar-refractivity contribution in [2.75, 3.05) is 13.1 Å². The number of aryl methyl sites for hydroxylation is 2. The van der Waals surface area contributed by atoms with Crippen LogP contribution < -0.4 is 5.32 Å². The maximum atomic E-state index is 12.9. The molecule has 1 heterocycles. The lowest BCUT2D eigenvalue weighted by molar-refractivity contribution is 0.0939. The number of rotatable bonds is 6. The summed E-state index contributed by atoms with van der Waals surface area (Å²) in [4.78, 5) is 13.0. The Labute approximate surface area is 167 Å². The number of benzene rings is 2. The molecule has 1 saturated heterocycles. The molecule has 1 amide bonds. The molecule has 2 aromatic rings. The molecule has 150 valence electrons. The molecule has 1 atom stereocenters. The van der Waals surface area contributed by atoms with Crippen LogP contribution in [0.15, 0.2) is 47.4 Å². The highest BCUT2D eigenvalue weighted by Crippen LogP contribution is 2.23. The summed E-state index contributed by atoms with van der Waals surface area (Å²) < 4.78 is 27.1. The highest BCUT2D eigenvalue weighted by molar-refractivity contribution is 7.89. The molecule has 0 radical (unpaired) electrons. The van der Waals surface area contributed by atoms with Gasteiger partial charge < -0.3 is 5.32 Å². The summed E-state index contributed by atoms with van der Waals surface area (Å²) in [7, 11) is -3.55. The van der Waals surface area contributed by atoms with Gasteiger partial charge in [0.05, 0.1) is 10.9 Å². The van der Waals surface area contributed by atoms with Crippen LogP contribution in [-0.4, -0.2) is 31.7 Å². The van der Waals surface area contributed by atoms with Gasteiger partial charge in [0.1, 0.15) is 0 Å². The fourth-order valence-corrected chi connectivity index (χ4v) is 5.03. The van der Waals surface area contributed by atoms with Crippen molar-refractivity contribution in [3.8, 4) is 0 Å². The molecule has 28 heavy (non-hydrogen) atoms. The Balaban J connectivity index is 1.81. The fourth-order valence-electron chi connectivity index (χ4n) is 3.48. The van der Waals surface area contributed by atoms with E-state index in [9.17, 15) is 13.2 Å². The smallest absolute Gasteiger partial charge is 0.252 e. The van der Waals surface area contributed by atoms with Crippen molar-refractivity contribution in [2.45, 2.75) is 51.0 Å². The predicted octanol–water partition coefficient (Wildman–Crippen LogP) is 3.83. The number of hydrogen-bond acceptors (Lipinski definition) is 3. The summed E-state index contributed by atoms with van der Waals surface area (Å²) in [6.45, 7) is 6.94. The predicted molar refractivity (Wildman–Crippen MR) is 111 cm³/mol. The number of nitrogens with zero attached hydrogens (tertiary/aromatic N) is 1. The molecule has 2 aromatic carbocycles. The average molecular weight is 401 g/mol. The molecule has 0 saturated carbocycles. The third kappa shape index (κ3) is 4.28. The van der Waals surface area contributed by atoms with Gasteiger partial charge in [0.25, 0.3) is 5.91 Å². The van der Waals surface area contributed by atoms with Gasteiger partial charge in [-0.3, -0.25) is 4.79 Å². The maximum absolute atomic E-state index is 12.9. The lowest BCUT2D eigenvalue weighted by atomic mass is 10.0. The molecule has 0 bridgehead atoms. The van der Waals surface area contributed by atoms with Gasteiger partial charge in [-0.15, -0.1) is 0 Å². The molecule has 0 unspecified atom stereocenters. The van der Waals surface area contributed by atoms with E-state index >= 15 is 0 Å². The minimum Gasteiger partial charge on any atom is -0.346 e. The van der Waals surface area contributed by atoms with Gasteiger partial charge in [-0.25, -0.2) is 8.42 Å². The quantitative estimate of drug-likeness (QED) is 0.801. The first-order valence-corrected chi connectivity index (χ1v) is 11.3. The van der Waals surface area contributed by atoms with Crippen molar-refractivity contribution in [1.82, 2.24) is 9.62 Å². The Morgan fingerprint density at radius 2 is 1.75 bits per heavy atom. The highest BCUT2D eigenvalue weighted by atomic mass is 32.2. The highest BCUT2D eigenvalue weighted by Gasteiger charge is 2.28.